The third kappa shape index (κ3) is 3.08. The fourth-order valence-corrected chi connectivity index (χ4v) is 2.51. The van der Waals surface area contributed by atoms with Gasteiger partial charge >= 0.3 is 0 Å². The Kier molecular flexibility index (Phi) is 4.80. The second-order valence-electron chi connectivity index (χ2n) is 5.12. The number of nitrogens with zero attached hydrogens (tertiary/aromatic N) is 1. The molecule has 0 saturated carbocycles. The number of morpholine rings is 1. The Balaban J connectivity index is 2.29. The van der Waals surface area contributed by atoms with Crippen molar-refractivity contribution in [2.45, 2.75) is 38.5 Å². The van der Waals surface area contributed by atoms with Crippen LogP contribution >= 0.6 is 0 Å². The van der Waals surface area contributed by atoms with E-state index in [0.29, 0.717) is 19.6 Å². The van der Waals surface area contributed by atoms with Gasteiger partial charge in [-0.15, -0.1) is 0 Å². The van der Waals surface area contributed by atoms with Gasteiger partial charge in [-0.05, 0) is 19.4 Å². The zero-order valence-corrected chi connectivity index (χ0v) is 11.6. The summed E-state index contributed by atoms with van der Waals surface area (Å²) < 4.78 is 5.56. The summed E-state index contributed by atoms with van der Waals surface area (Å²) in [5.74, 6) is 0. The average Bonchev–Trinajstić information content (AvgIpc) is 2.47. The molecule has 0 bridgehead atoms. The highest BCUT2D eigenvalue weighted by Crippen LogP contribution is 2.31. The van der Waals surface area contributed by atoms with E-state index in [4.69, 9.17) is 4.74 Å². The molecule has 2 N–H and O–H groups in total. The van der Waals surface area contributed by atoms with E-state index < -0.39 is 6.10 Å². The molecule has 1 aromatic rings. The standard InChI is InChI=1S/C15H23NO3/c1-3-15(18)13-6-4-5-7-14(13)16-8-12(9-17)19-10-11(16)2/h4-7,11-12,15,17-18H,3,8-10H2,1-2H3/t11?,12?,15-/m0/s1. The van der Waals surface area contributed by atoms with Crippen LogP contribution in [0, 0.1) is 0 Å². The minimum Gasteiger partial charge on any atom is -0.394 e. The van der Waals surface area contributed by atoms with Crippen LogP contribution in [0.1, 0.15) is 31.9 Å². The SMILES string of the molecule is CC[C@H](O)c1ccccc1N1CC(CO)OCC1C. The number of aliphatic hydroxyl groups excluding tert-OH is 2. The van der Waals surface area contributed by atoms with Crippen LogP contribution in [-0.2, 0) is 4.74 Å². The Morgan fingerprint density at radius 3 is 2.84 bits per heavy atom. The number of ether oxygens (including phenoxy) is 1. The van der Waals surface area contributed by atoms with Crippen LogP contribution in [-0.4, -0.2) is 42.1 Å². The van der Waals surface area contributed by atoms with Crippen LogP contribution in [0.3, 0.4) is 0 Å². The van der Waals surface area contributed by atoms with Crippen LogP contribution in [0.2, 0.25) is 0 Å². The van der Waals surface area contributed by atoms with Crippen LogP contribution in [0.4, 0.5) is 5.69 Å². The minimum atomic E-state index is -0.446. The predicted octanol–water partition coefficient (Wildman–Crippen LogP) is 1.72. The van der Waals surface area contributed by atoms with Gasteiger partial charge in [-0.1, -0.05) is 25.1 Å². The van der Waals surface area contributed by atoms with E-state index in [2.05, 4.69) is 11.8 Å². The monoisotopic (exact) mass is 265 g/mol. The first kappa shape index (κ1) is 14.3. The minimum absolute atomic E-state index is 0.0295. The maximum Gasteiger partial charge on any atom is 0.0981 e. The number of hydrogen-bond donors (Lipinski definition) is 2. The third-order valence-corrected chi connectivity index (χ3v) is 3.70. The van der Waals surface area contributed by atoms with Crippen LogP contribution < -0.4 is 4.90 Å². The molecule has 1 aromatic carbocycles. The number of anilines is 1. The number of aliphatic hydroxyl groups is 2. The number of benzene rings is 1. The fourth-order valence-electron chi connectivity index (χ4n) is 2.51. The summed E-state index contributed by atoms with van der Waals surface area (Å²) in [6, 6.07) is 8.18. The normalized spacial score (nSPS) is 25.4. The molecule has 0 radical (unpaired) electrons. The first-order valence-corrected chi connectivity index (χ1v) is 6.93. The van der Waals surface area contributed by atoms with E-state index in [1.807, 2.05) is 31.2 Å². The smallest absolute Gasteiger partial charge is 0.0981 e. The first-order valence-electron chi connectivity index (χ1n) is 6.93. The molecule has 1 heterocycles. The van der Waals surface area contributed by atoms with Crippen molar-refractivity contribution >= 4 is 5.69 Å². The van der Waals surface area contributed by atoms with Crippen molar-refractivity contribution in [1.29, 1.82) is 0 Å². The van der Waals surface area contributed by atoms with Gasteiger partial charge in [0.25, 0.3) is 0 Å². The van der Waals surface area contributed by atoms with Crippen molar-refractivity contribution in [3.63, 3.8) is 0 Å². The van der Waals surface area contributed by atoms with E-state index in [1.165, 1.54) is 0 Å². The Morgan fingerprint density at radius 2 is 2.16 bits per heavy atom. The van der Waals surface area contributed by atoms with Gasteiger partial charge in [0, 0.05) is 23.8 Å². The van der Waals surface area contributed by atoms with Crippen LogP contribution in [0.25, 0.3) is 0 Å². The molecular weight excluding hydrogens is 242 g/mol. The zero-order valence-electron chi connectivity index (χ0n) is 11.6. The highest BCUT2D eigenvalue weighted by Gasteiger charge is 2.27. The highest BCUT2D eigenvalue weighted by atomic mass is 16.5. The molecular formula is C15H23NO3. The summed E-state index contributed by atoms with van der Waals surface area (Å²) in [5, 5.41) is 19.4. The van der Waals surface area contributed by atoms with Gasteiger partial charge in [-0.3, -0.25) is 0 Å². The second kappa shape index (κ2) is 6.37. The molecule has 2 rings (SSSR count). The van der Waals surface area contributed by atoms with Gasteiger partial charge in [0.15, 0.2) is 0 Å². The van der Waals surface area contributed by atoms with Crippen LogP contribution in [0.15, 0.2) is 24.3 Å². The summed E-state index contributed by atoms with van der Waals surface area (Å²) in [7, 11) is 0. The first-order chi connectivity index (χ1) is 9.17. The van der Waals surface area contributed by atoms with Crippen molar-refractivity contribution in [1.82, 2.24) is 0 Å². The largest absolute Gasteiger partial charge is 0.394 e. The molecule has 0 aliphatic carbocycles. The van der Waals surface area contributed by atoms with Crippen molar-refractivity contribution in [2.24, 2.45) is 0 Å². The van der Waals surface area contributed by atoms with E-state index in [0.717, 1.165) is 11.3 Å². The topological polar surface area (TPSA) is 52.9 Å². The van der Waals surface area contributed by atoms with Crippen molar-refractivity contribution in [3.8, 4) is 0 Å². The summed E-state index contributed by atoms with van der Waals surface area (Å²) in [5.41, 5.74) is 2.00. The van der Waals surface area contributed by atoms with Gasteiger partial charge in [-0.2, -0.15) is 0 Å². The molecule has 1 saturated heterocycles. The Labute approximate surface area is 114 Å². The molecule has 2 unspecified atom stereocenters. The van der Waals surface area contributed by atoms with E-state index in [9.17, 15) is 10.2 Å². The molecule has 4 heteroatoms. The Bertz CT molecular complexity index is 410. The van der Waals surface area contributed by atoms with E-state index in [1.54, 1.807) is 0 Å². The van der Waals surface area contributed by atoms with Crippen molar-refractivity contribution in [3.05, 3.63) is 29.8 Å². The molecule has 0 amide bonds. The Hall–Kier alpha value is -1.10. The number of rotatable bonds is 4. The molecule has 1 aliphatic rings. The van der Waals surface area contributed by atoms with Crippen LogP contribution in [0.5, 0.6) is 0 Å². The lowest BCUT2D eigenvalue weighted by atomic mass is 10.0. The van der Waals surface area contributed by atoms with Crippen molar-refractivity contribution in [2.75, 3.05) is 24.7 Å². The summed E-state index contributed by atoms with van der Waals surface area (Å²) >= 11 is 0. The third-order valence-electron chi connectivity index (χ3n) is 3.70. The maximum atomic E-state index is 10.1. The van der Waals surface area contributed by atoms with Gasteiger partial charge in [0.05, 0.1) is 25.4 Å². The zero-order chi connectivity index (χ0) is 13.8. The molecule has 0 spiro atoms. The summed E-state index contributed by atoms with van der Waals surface area (Å²) in [6.07, 6.45) is 0.0981. The maximum absolute atomic E-state index is 10.1. The molecule has 106 valence electrons. The average molecular weight is 265 g/mol. The van der Waals surface area contributed by atoms with E-state index in [-0.39, 0.29) is 18.8 Å². The molecule has 3 atom stereocenters. The fraction of sp³-hybridized carbons (Fsp3) is 0.600. The molecule has 1 aliphatic heterocycles. The molecule has 1 fully saturated rings. The lowest BCUT2D eigenvalue weighted by Crippen LogP contribution is -2.50. The Morgan fingerprint density at radius 1 is 1.42 bits per heavy atom. The number of para-hydroxylation sites is 1. The molecule has 19 heavy (non-hydrogen) atoms. The molecule has 0 aromatic heterocycles. The van der Waals surface area contributed by atoms with Gasteiger partial charge in [0.2, 0.25) is 0 Å². The molecule has 4 nitrogen and oxygen atoms in total. The van der Waals surface area contributed by atoms with Gasteiger partial charge in [-0.25, -0.2) is 0 Å². The summed E-state index contributed by atoms with van der Waals surface area (Å²) in [4.78, 5) is 2.22. The predicted molar refractivity (Wildman–Crippen MR) is 75.3 cm³/mol. The highest BCUT2D eigenvalue weighted by molar-refractivity contribution is 5.55. The lowest BCUT2D eigenvalue weighted by Gasteiger charge is -2.40. The second-order valence-corrected chi connectivity index (χ2v) is 5.12. The lowest BCUT2D eigenvalue weighted by molar-refractivity contribution is -0.0105. The number of hydrogen-bond acceptors (Lipinski definition) is 4. The van der Waals surface area contributed by atoms with Gasteiger partial charge < -0.3 is 19.8 Å². The van der Waals surface area contributed by atoms with Gasteiger partial charge in [0.1, 0.15) is 0 Å². The quantitative estimate of drug-likeness (QED) is 0.870. The van der Waals surface area contributed by atoms with Crippen molar-refractivity contribution < 1.29 is 14.9 Å². The summed E-state index contributed by atoms with van der Waals surface area (Å²) in [6.45, 7) is 5.36. The van der Waals surface area contributed by atoms with E-state index >= 15 is 0 Å².